The van der Waals surface area contributed by atoms with Gasteiger partial charge in [0.25, 0.3) is 0 Å². The Hall–Kier alpha value is -0.730. The van der Waals surface area contributed by atoms with Crippen molar-refractivity contribution < 1.29 is 0 Å². The van der Waals surface area contributed by atoms with Crippen LogP contribution in [0.2, 0.25) is 5.02 Å². The lowest BCUT2D eigenvalue weighted by Gasteiger charge is -2.37. The second-order valence-electron chi connectivity index (χ2n) is 6.64. The molecule has 0 saturated carbocycles. The van der Waals surface area contributed by atoms with Crippen molar-refractivity contribution in [2.24, 2.45) is 5.41 Å². The number of nitrogens with zero attached hydrogens (tertiary/aromatic N) is 1. The number of benzene rings is 1. The maximum absolute atomic E-state index is 6.49. The normalized spacial score (nSPS) is 15.0. The van der Waals surface area contributed by atoms with Crippen LogP contribution in [0.4, 0.5) is 5.69 Å². The number of nitrogens with one attached hydrogen (secondary N) is 1. The van der Waals surface area contributed by atoms with Crippen LogP contribution >= 0.6 is 11.6 Å². The molecule has 0 aliphatic rings. The Morgan fingerprint density at radius 2 is 1.85 bits per heavy atom. The molecule has 0 saturated heterocycles. The summed E-state index contributed by atoms with van der Waals surface area (Å²) in [6.45, 7) is 14.2. The minimum atomic E-state index is 0.216. The van der Waals surface area contributed by atoms with Crippen LogP contribution in [0.1, 0.15) is 53.1 Å². The maximum atomic E-state index is 6.49. The molecule has 0 amide bonds. The van der Waals surface area contributed by atoms with E-state index < -0.39 is 0 Å². The summed E-state index contributed by atoms with van der Waals surface area (Å²) in [6, 6.07) is 7.12. The van der Waals surface area contributed by atoms with Gasteiger partial charge in [0.2, 0.25) is 0 Å². The molecule has 1 N–H and O–H groups in total. The molecule has 0 spiro atoms. The molecule has 0 aromatic heterocycles. The molecule has 1 aromatic carbocycles. The van der Waals surface area contributed by atoms with Crippen molar-refractivity contribution in [2.45, 2.75) is 53.6 Å². The molecule has 0 radical (unpaired) electrons. The Morgan fingerprint density at radius 1 is 1.25 bits per heavy atom. The zero-order chi connectivity index (χ0) is 15.5. The first-order chi connectivity index (χ1) is 9.18. The van der Waals surface area contributed by atoms with Crippen molar-refractivity contribution in [3.05, 3.63) is 28.8 Å². The molecule has 0 aliphatic carbocycles. The maximum Gasteiger partial charge on any atom is 0.0642 e. The van der Waals surface area contributed by atoms with E-state index in [1.807, 2.05) is 0 Å². The monoisotopic (exact) mass is 296 g/mol. The van der Waals surface area contributed by atoms with E-state index in [1.54, 1.807) is 0 Å². The van der Waals surface area contributed by atoms with Gasteiger partial charge in [0.15, 0.2) is 0 Å². The van der Waals surface area contributed by atoms with Crippen molar-refractivity contribution in [3.8, 4) is 0 Å². The summed E-state index contributed by atoms with van der Waals surface area (Å²) < 4.78 is 0. The Balaban J connectivity index is 2.98. The lowest BCUT2D eigenvalue weighted by atomic mass is 9.87. The smallest absolute Gasteiger partial charge is 0.0642 e. The molecule has 2 atom stereocenters. The van der Waals surface area contributed by atoms with Crippen LogP contribution in [0.15, 0.2) is 18.2 Å². The molecule has 0 aliphatic heterocycles. The first kappa shape index (κ1) is 17.3. The van der Waals surface area contributed by atoms with Crippen molar-refractivity contribution >= 4 is 17.3 Å². The third-order valence-electron chi connectivity index (χ3n) is 4.20. The molecule has 114 valence electrons. The molecule has 2 unspecified atom stereocenters. The van der Waals surface area contributed by atoms with Gasteiger partial charge in [0, 0.05) is 19.1 Å². The van der Waals surface area contributed by atoms with E-state index in [4.69, 9.17) is 11.6 Å². The van der Waals surface area contributed by atoms with Crippen LogP contribution in [-0.4, -0.2) is 19.6 Å². The minimum Gasteiger partial charge on any atom is -0.370 e. The zero-order valence-corrected chi connectivity index (χ0v) is 14.7. The lowest BCUT2D eigenvalue weighted by molar-refractivity contribution is 0.330. The van der Waals surface area contributed by atoms with Gasteiger partial charge >= 0.3 is 0 Å². The summed E-state index contributed by atoms with van der Waals surface area (Å²) in [5.41, 5.74) is 2.55. The summed E-state index contributed by atoms with van der Waals surface area (Å²) in [4.78, 5) is 2.27. The predicted molar refractivity (Wildman–Crippen MR) is 90.9 cm³/mol. The van der Waals surface area contributed by atoms with E-state index in [0.29, 0.717) is 12.1 Å². The Kier molecular flexibility index (Phi) is 5.91. The second-order valence-corrected chi connectivity index (χ2v) is 7.05. The summed E-state index contributed by atoms with van der Waals surface area (Å²) in [6.07, 6.45) is 0. The van der Waals surface area contributed by atoms with Gasteiger partial charge in [-0.05, 0) is 43.5 Å². The molecule has 3 heteroatoms. The number of hydrogen-bond acceptors (Lipinski definition) is 2. The highest BCUT2D eigenvalue weighted by Crippen LogP contribution is 2.33. The Bertz CT molecular complexity index is 437. The highest BCUT2D eigenvalue weighted by atomic mass is 35.5. The van der Waals surface area contributed by atoms with Crippen molar-refractivity contribution in [1.82, 2.24) is 5.32 Å². The summed E-state index contributed by atoms with van der Waals surface area (Å²) >= 11 is 6.49. The van der Waals surface area contributed by atoms with Crippen LogP contribution in [0.5, 0.6) is 0 Å². The highest BCUT2D eigenvalue weighted by molar-refractivity contribution is 6.33. The zero-order valence-electron chi connectivity index (χ0n) is 13.9. The van der Waals surface area contributed by atoms with Crippen LogP contribution in [-0.2, 0) is 0 Å². The van der Waals surface area contributed by atoms with E-state index in [1.165, 1.54) is 5.56 Å². The van der Waals surface area contributed by atoms with Gasteiger partial charge < -0.3 is 10.2 Å². The molecule has 2 nitrogen and oxygen atoms in total. The van der Waals surface area contributed by atoms with Gasteiger partial charge in [-0.3, -0.25) is 0 Å². The average molecular weight is 297 g/mol. The second kappa shape index (κ2) is 6.82. The number of halogens is 1. The third kappa shape index (κ3) is 4.13. The fourth-order valence-corrected chi connectivity index (χ4v) is 2.61. The largest absolute Gasteiger partial charge is 0.370 e. The summed E-state index contributed by atoms with van der Waals surface area (Å²) in [5, 5.41) is 4.24. The fraction of sp³-hybridized carbons (Fsp3) is 0.647. The van der Waals surface area contributed by atoms with Gasteiger partial charge in [0.05, 0.1) is 10.7 Å². The van der Waals surface area contributed by atoms with E-state index >= 15 is 0 Å². The van der Waals surface area contributed by atoms with Crippen LogP contribution in [0.3, 0.4) is 0 Å². The first-order valence-electron chi connectivity index (χ1n) is 7.44. The van der Waals surface area contributed by atoms with Gasteiger partial charge in [-0.1, -0.05) is 45.4 Å². The first-order valence-corrected chi connectivity index (χ1v) is 7.82. The van der Waals surface area contributed by atoms with Gasteiger partial charge in [0.1, 0.15) is 0 Å². The van der Waals surface area contributed by atoms with Gasteiger partial charge in [-0.15, -0.1) is 0 Å². The van der Waals surface area contributed by atoms with Crippen LogP contribution < -0.4 is 10.2 Å². The quantitative estimate of drug-likeness (QED) is 0.833. The Morgan fingerprint density at radius 3 is 2.30 bits per heavy atom. The Labute approximate surface area is 129 Å². The van der Waals surface area contributed by atoms with E-state index in [9.17, 15) is 0 Å². The predicted octanol–water partition coefficient (Wildman–Crippen LogP) is 4.88. The number of hydrogen-bond donors (Lipinski definition) is 1. The molecule has 20 heavy (non-hydrogen) atoms. The highest BCUT2D eigenvalue weighted by Gasteiger charge is 2.25. The summed E-state index contributed by atoms with van der Waals surface area (Å²) in [5.74, 6) is 0. The van der Waals surface area contributed by atoms with Gasteiger partial charge in [-0.2, -0.15) is 0 Å². The molecule has 0 bridgehead atoms. The average Bonchev–Trinajstić information content (AvgIpc) is 2.36. The molecule has 0 fully saturated rings. The third-order valence-corrected chi connectivity index (χ3v) is 4.50. The molecule has 1 aromatic rings. The molecule has 1 rings (SSSR count). The van der Waals surface area contributed by atoms with E-state index in [0.717, 1.165) is 17.3 Å². The van der Waals surface area contributed by atoms with Crippen molar-refractivity contribution in [3.63, 3.8) is 0 Å². The van der Waals surface area contributed by atoms with E-state index in [2.05, 4.69) is 77.0 Å². The topological polar surface area (TPSA) is 15.3 Å². The number of rotatable bonds is 5. The fourth-order valence-electron chi connectivity index (χ4n) is 2.29. The van der Waals surface area contributed by atoms with Crippen molar-refractivity contribution in [2.75, 3.05) is 18.5 Å². The SMILES string of the molecule is CCNC(C)c1ccc(N(C)C(C)C(C)(C)C)c(Cl)c1. The summed E-state index contributed by atoms with van der Waals surface area (Å²) in [7, 11) is 2.12. The molecular weight excluding hydrogens is 268 g/mol. The van der Waals surface area contributed by atoms with Crippen molar-refractivity contribution in [1.29, 1.82) is 0 Å². The van der Waals surface area contributed by atoms with E-state index in [-0.39, 0.29) is 5.41 Å². The van der Waals surface area contributed by atoms with Crippen LogP contribution in [0.25, 0.3) is 0 Å². The van der Waals surface area contributed by atoms with Gasteiger partial charge in [-0.25, -0.2) is 0 Å². The lowest BCUT2D eigenvalue weighted by Crippen LogP contribution is -2.39. The van der Waals surface area contributed by atoms with Crippen LogP contribution in [0, 0.1) is 5.41 Å². The molecule has 0 heterocycles. The molecular formula is C17H29ClN2. The standard InChI is InChI=1S/C17H29ClN2/c1-8-19-12(2)14-9-10-16(15(18)11-14)20(7)13(3)17(4,5)6/h9-13,19H,8H2,1-7H3. The minimum absolute atomic E-state index is 0.216. The number of anilines is 1.